The molecule has 0 amide bonds. The molecule has 1 aliphatic rings. The molecule has 5 heteroatoms. The van der Waals surface area contributed by atoms with Crippen LogP contribution in [0.2, 0.25) is 0 Å². The van der Waals surface area contributed by atoms with E-state index in [1.165, 1.54) is 17.8 Å². The molecule has 15 heavy (non-hydrogen) atoms. The van der Waals surface area contributed by atoms with Gasteiger partial charge in [-0.3, -0.25) is 0 Å². The number of nitrogens with zero attached hydrogens (tertiary/aromatic N) is 1. The Hall–Kier alpha value is -0.650. The molecule has 1 fully saturated rings. The summed E-state index contributed by atoms with van der Waals surface area (Å²) in [6.45, 7) is 3.87. The van der Waals surface area contributed by atoms with Crippen molar-refractivity contribution in [3.8, 4) is 0 Å². The molecule has 0 spiro atoms. The van der Waals surface area contributed by atoms with Gasteiger partial charge in [-0.25, -0.2) is 4.98 Å². The van der Waals surface area contributed by atoms with Crippen LogP contribution in [0.4, 0.5) is 5.13 Å². The van der Waals surface area contributed by atoms with Crippen molar-refractivity contribution in [2.75, 3.05) is 32.0 Å². The second kappa shape index (κ2) is 5.44. The average Bonchev–Trinajstić information content (AvgIpc) is 2.84. The summed E-state index contributed by atoms with van der Waals surface area (Å²) < 4.78 is 5.31. The molecule has 4 nitrogen and oxygen atoms in total. The van der Waals surface area contributed by atoms with Gasteiger partial charge in [-0.05, 0) is 12.3 Å². The fourth-order valence-electron chi connectivity index (χ4n) is 1.70. The normalized spacial score (nSPS) is 20.9. The van der Waals surface area contributed by atoms with Gasteiger partial charge in [0.25, 0.3) is 0 Å². The summed E-state index contributed by atoms with van der Waals surface area (Å²) >= 11 is 1.51. The quantitative estimate of drug-likeness (QED) is 0.734. The van der Waals surface area contributed by atoms with Gasteiger partial charge in [0, 0.05) is 31.5 Å². The second-order valence-corrected chi connectivity index (χ2v) is 4.75. The number of aromatic nitrogens is 1. The SMILES string of the molecule is Nc1nc(CCNCC2CCOC2)cs1. The van der Waals surface area contributed by atoms with Gasteiger partial charge in [-0.1, -0.05) is 0 Å². The van der Waals surface area contributed by atoms with Crippen LogP contribution in [-0.2, 0) is 11.2 Å². The lowest BCUT2D eigenvalue weighted by Gasteiger charge is -2.08. The highest BCUT2D eigenvalue weighted by Crippen LogP contribution is 2.12. The standard InChI is InChI=1S/C10H17N3OS/c11-10-13-9(7-15-10)1-3-12-5-8-2-4-14-6-8/h7-8,12H,1-6H2,(H2,11,13). The molecule has 2 heterocycles. The van der Waals surface area contributed by atoms with Gasteiger partial charge in [0.2, 0.25) is 0 Å². The molecule has 1 atom stereocenters. The van der Waals surface area contributed by atoms with Crippen LogP contribution in [0.1, 0.15) is 12.1 Å². The molecule has 1 aromatic rings. The Labute approximate surface area is 93.8 Å². The topological polar surface area (TPSA) is 60.2 Å². The maximum absolute atomic E-state index is 5.55. The second-order valence-electron chi connectivity index (χ2n) is 3.86. The molecular weight excluding hydrogens is 210 g/mol. The van der Waals surface area contributed by atoms with Crippen molar-refractivity contribution in [3.63, 3.8) is 0 Å². The average molecular weight is 227 g/mol. The van der Waals surface area contributed by atoms with Crippen molar-refractivity contribution < 1.29 is 4.74 Å². The Morgan fingerprint density at radius 1 is 1.67 bits per heavy atom. The van der Waals surface area contributed by atoms with Crippen LogP contribution in [0.5, 0.6) is 0 Å². The summed E-state index contributed by atoms with van der Waals surface area (Å²) in [6, 6.07) is 0. The lowest BCUT2D eigenvalue weighted by molar-refractivity contribution is 0.185. The molecule has 84 valence electrons. The van der Waals surface area contributed by atoms with Crippen LogP contribution < -0.4 is 11.1 Å². The van der Waals surface area contributed by atoms with E-state index in [0.29, 0.717) is 11.0 Å². The predicted octanol–water partition coefficient (Wildman–Crippen LogP) is 0.894. The molecule has 1 saturated heterocycles. The summed E-state index contributed by atoms with van der Waals surface area (Å²) in [7, 11) is 0. The minimum Gasteiger partial charge on any atom is -0.381 e. The molecule has 0 bridgehead atoms. The summed E-state index contributed by atoms with van der Waals surface area (Å²) in [6.07, 6.45) is 2.15. The fraction of sp³-hybridized carbons (Fsp3) is 0.700. The zero-order valence-electron chi connectivity index (χ0n) is 8.74. The monoisotopic (exact) mass is 227 g/mol. The van der Waals surface area contributed by atoms with Gasteiger partial charge in [0.15, 0.2) is 5.13 Å². The van der Waals surface area contributed by atoms with E-state index >= 15 is 0 Å². The molecule has 0 aromatic carbocycles. The van der Waals surface area contributed by atoms with E-state index in [1.807, 2.05) is 5.38 Å². The summed E-state index contributed by atoms with van der Waals surface area (Å²) in [5.74, 6) is 0.700. The Balaban J connectivity index is 1.58. The summed E-state index contributed by atoms with van der Waals surface area (Å²) in [5, 5.41) is 6.11. The predicted molar refractivity (Wildman–Crippen MR) is 62.0 cm³/mol. The number of hydrogen-bond acceptors (Lipinski definition) is 5. The van der Waals surface area contributed by atoms with Crippen molar-refractivity contribution >= 4 is 16.5 Å². The molecular formula is C10H17N3OS. The minimum atomic E-state index is 0.661. The highest BCUT2D eigenvalue weighted by molar-refractivity contribution is 7.13. The van der Waals surface area contributed by atoms with E-state index in [4.69, 9.17) is 10.5 Å². The van der Waals surface area contributed by atoms with Gasteiger partial charge >= 0.3 is 0 Å². The first-order chi connectivity index (χ1) is 7.34. The van der Waals surface area contributed by atoms with Gasteiger partial charge in [-0.2, -0.15) is 0 Å². The molecule has 0 aliphatic carbocycles. The van der Waals surface area contributed by atoms with Gasteiger partial charge in [0.1, 0.15) is 0 Å². The summed E-state index contributed by atoms with van der Waals surface area (Å²) in [4.78, 5) is 4.21. The third kappa shape index (κ3) is 3.44. The number of ether oxygens (including phenoxy) is 1. The van der Waals surface area contributed by atoms with E-state index in [-0.39, 0.29) is 0 Å². The van der Waals surface area contributed by atoms with Crippen LogP contribution in [0.15, 0.2) is 5.38 Å². The Morgan fingerprint density at radius 2 is 2.60 bits per heavy atom. The van der Waals surface area contributed by atoms with E-state index in [9.17, 15) is 0 Å². The summed E-state index contributed by atoms with van der Waals surface area (Å²) in [5.41, 5.74) is 6.64. The first-order valence-electron chi connectivity index (χ1n) is 5.33. The lowest BCUT2D eigenvalue weighted by Crippen LogP contribution is -2.25. The van der Waals surface area contributed by atoms with Crippen molar-refractivity contribution in [2.45, 2.75) is 12.8 Å². The van der Waals surface area contributed by atoms with Gasteiger partial charge in [0.05, 0.1) is 12.3 Å². The zero-order chi connectivity index (χ0) is 10.5. The van der Waals surface area contributed by atoms with E-state index < -0.39 is 0 Å². The van der Waals surface area contributed by atoms with Crippen LogP contribution in [-0.4, -0.2) is 31.3 Å². The molecule has 0 saturated carbocycles. The molecule has 1 unspecified atom stereocenters. The molecule has 0 radical (unpaired) electrons. The smallest absolute Gasteiger partial charge is 0.180 e. The van der Waals surface area contributed by atoms with Gasteiger partial charge < -0.3 is 15.8 Å². The zero-order valence-corrected chi connectivity index (χ0v) is 9.55. The lowest BCUT2D eigenvalue weighted by atomic mass is 10.1. The highest BCUT2D eigenvalue weighted by Gasteiger charge is 2.14. The van der Waals surface area contributed by atoms with E-state index in [1.54, 1.807) is 0 Å². The number of rotatable bonds is 5. The van der Waals surface area contributed by atoms with Crippen LogP contribution >= 0.6 is 11.3 Å². The number of nitrogens with one attached hydrogen (secondary N) is 1. The largest absolute Gasteiger partial charge is 0.381 e. The maximum atomic E-state index is 5.55. The number of thiazole rings is 1. The van der Waals surface area contributed by atoms with Crippen molar-refractivity contribution in [1.82, 2.24) is 10.3 Å². The van der Waals surface area contributed by atoms with Crippen LogP contribution in [0.3, 0.4) is 0 Å². The Kier molecular flexibility index (Phi) is 3.94. The van der Waals surface area contributed by atoms with Crippen LogP contribution in [0, 0.1) is 5.92 Å². The molecule has 3 N–H and O–H groups in total. The Morgan fingerprint density at radius 3 is 3.27 bits per heavy atom. The number of anilines is 1. The van der Waals surface area contributed by atoms with E-state index in [2.05, 4.69) is 10.3 Å². The third-order valence-electron chi connectivity index (χ3n) is 2.58. The highest BCUT2D eigenvalue weighted by atomic mass is 32.1. The van der Waals surface area contributed by atoms with E-state index in [0.717, 1.165) is 38.4 Å². The van der Waals surface area contributed by atoms with Crippen molar-refractivity contribution in [1.29, 1.82) is 0 Å². The van der Waals surface area contributed by atoms with Gasteiger partial charge in [-0.15, -0.1) is 11.3 Å². The number of nitrogens with two attached hydrogens (primary N) is 1. The first kappa shape index (κ1) is 10.9. The van der Waals surface area contributed by atoms with Crippen molar-refractivity contribution in [3.05, 3.63) is 11.1 Å². The minimum absolute atomic E-state index is 0.661. The maximum Gasteiger partial charge on any atom is 0.180 e. The molecule has 2 rings (SSSR count). The number of hydrogen-bond donors (Lipinski definition) is 2. The van der Waals surface area contributed by atoms with Crippen LogP contribution in [0.25, 0.3) is 0 Å². The first-order valence-corrected chi connectivity index (χ1v) is 6.21. The Bertz CT molecular complexity index is 297. The fourth-order valence-corrected chi connectivity index (χ4v) is 2.30. The molecule has 1 aromatic heterocycles. The van der Waals surface area contributed by atoms with Crippen molar-refractivity contribution in [2.24, 2.45) is 5.92 Å². The third-order valence-corrected chi connectivity index (χ3v) is 3.31. The molecule has 1 aliphatic heterocycles. The number of nitrogen functional groups attached to an aromatic ring is 1.